The number of carboxylic acid groups (broad SMARTS) is 1. The third-order valence-corrected chi connectivity index (χ3v) is 3.83. The third-order valence-electron chi connectivity index (χ3n) is 3.83. The summed E-state index contributed by atoms with van der Waals surface area (Å²) in [4.78, 5) is 23.0. The average molecular weight is 381 g/mol. The lowest BCUT2D eigenvalue weighted by Gasteiger charge is -2.17. The molecule has 0 fully saturated rings. The number of amides is 1. The van der Waals surface area contributed by atoms with E-state index in [1.54, 1.807) is 6.92 Å². The summed E-state index contributed by atoms with van der Waals surface area (Å²) in [6, 6.07) is 10.7. The zero-order chi connectivity index (χ0) is 20.0. The van der Waals surface area contributed by atoms with Crippen LogP contribution >= 0.6 is 0 Å². The maximum Gasteiger partial charge on any atom is 0.416 e. The number of carbonyl (C=O) groups is 2. The van der Waals surface area contributed by atoms with Gasteiger partial charge >= 0.3 is 12.1 Å². The molecule has 144 valence electrons. The van der Waals surface area contributed by atoms with Crippen molar-refractivity contribution in [2.45, 2.75) is 25.4 Å². The number of carboxylic acids is 1. The minimum atomic E-state index is -4.48. The summed E-state index contributed by atoms with van der Waals surface area (Å²) in [6.07, 6.45) is -4.15. The van der Waals surface area contributed by atoms with Crippen LogP contribution in [0.4, 0.5) is 18.9 Å². The third kappa shape index (κ3) is 5.73. The molecular formula is C19H18F3NO4. The molecule has 2 aromatic carbocycles. The fourth-order valence-corrected chi connectivity index (χ4v) is 2.51. The van der Waals surface area contributed by atoms with E-state index < -0.39 is 36.1 Å². The number of halogens is 3. The van der Waals surface area contributed by atoms with E-state index in [0.717, 1.165) is 12.1 Å². The summed E-state index contributed by atoms with van der Waals surface area (Å²) in [5.41, 5.74) is -0.0921. The molecule has 1 amide bonds. The Hall–Kier alpha value is -3.03. The first-order chi connectivity index (χ1) is 12.7. The molecule has 0 aliphatic heterocycles. The van der Waals surface area contributed by atoms with Crippen molar-refractivity contribution in [1.29, 1.82) is 0 Å². The van der Waals surface area contributed by atoms with E-state index >= 15 is 0 Å². The molecule has 5 nitrogen and oxygen atoms in total. The Bertz CT molecular complexity index is 803. The SMILES string of the molecule is CCC(C(=O)Nc1ccc(OCC(=O)O)cc1)c1cccc(C(F)(F)F)c1. The molecule has 0 aliphatic rings. The van der Waals surface area contributed by atoms with Crippen molar-refractivity contribution >= 4 is 17.6 Å². The molecule has 2 aromatic rings. The zero-order valence-corrected chi connectivity index (χ0v) is 14.4. The molecule has 0 aromatic heterocycles. The number of carbonyl (C=O) groups excluding carboxylic acids is 1. The molecule has 0 bridgehead atoms. The number of alkyl halides is 3. The summed E-state index contributed by atoms with van der Waals surface area (Å²) in [6.45, 7) is 1.23. The standard InChI is InChI=1S/C19H18F3NO4/c1-2-16(12-4-3-5-13(10-12)19(20,21)22)18(26)23-14-6-8-15(9-7-14)27-11-17(24)25/h3-10,16H,2,11H2,1H3,(H,23,26)(H,24,25). The van der Waals surface area contributed by atoms with Gasteiger partial charge in [0.05, 0.1) is 11.5 Å². The van der Waals surface area contributed by atoms with E-state index in [1.165, 1.54) is 36.4 Å². The van der Waals surface area contributed by atoms with Gasteiger partial charge in [0.2, 0.25) is 5.91 Å². The highest BCUT2D eigenvalue weighted by atomic mass is 19.4. The predicted octanol–water partition coefficient (Wildman–Crippen LogP) is 4.30. The van der Waals surface area contributed by atoms with E-state index in [-0.39, 0.29) is 5.56 Å². The Balaban J connectivity index is 2.10. The molecular weight excluding hydrogens is 363 g/mol. The molecule has 1 unspecified atom stereocenters. The highest BCUT2D eigenvalue weighted by Gasteiger charge is 2.31. The molecule has 27 heavy (non-hydrogen) atoms. The van der Waals surface area contributed by atoms with Gasteiger partial charge < -0.3 is 15.2 Å². The predicted molar refractivity (Wildman–Crippen MR) is 92.7 cm³/mol. The zero-order valence-electron chi connectivity index (χ0n) is 14.4. The maximum absolute atomic E-state index is 12.9. The van der Waals surface area contributed by atoms with Crippen molar-refractivity contribution in [2.75, 3.05) is 11.9 Å². The van der Waals surface area contributed by atoms with Crippen molar-refractivity contribution in [3.05, 3.63) is 59.7 Å². The molecule has 0 aliphatic carbocycles. The van der Waals surface area contributed by atoms with Crippen LogP contribution in [0.3, 0.4) is 0 Å². The lowest BCUT2D eigenvalue weighted by molar-refractivity contribution is -0.139. The number of ether oxygens (including phenoxy) is 1. The second-order valence-corrected chi connectivity index (χ2v) is 5.78. The highest BCUT2D eigenvalue weighted by molar-refractivity contribution is 5.95. The smallest absolute Gasteiger partial charge is 0.416 e. The molecule has 0 spiro atoms. The lowest BCUT2D eigenvalue weighted by Crippen LogP contribution is -2.21. The average Bonchev–Trinajstić information content (AvgIpc) is 2.61. The van der Waals surface area contributed by atoms with Gasteiger partial charge in [0.1, 0.15) is 5.75 Å². The summed E-state index contributed by atoms with van der Waals surface area (Å²) in [5, 5.41) is 11.2. The Morgan fingerprint density at radius 2 is 1.81 bits per heavy atom. The van der Waals surface area contributed by atoms with E-state index in [2.05, 4.69) is 5.32 Å². The Labute approximate surface area is 153 Å². The van der Waals surface area contributed by atoms with Crippen LogP contribution < -0.4 is 10.1 Å². The molecule has 8 heteroatoms. The maximum atomic E-state index is 12.9. The first kappa shape index (κ1) is 20.3. The summed E-state index contributed by atoms with van der Waals surface area (Å²) in [5.74, 6) is -1.97. The number of hydrogen-bond donors (Lipinski definition) is 2. The van der Waals surface area contributed by atoms with Crippen molar-refractivity contribution in [1.82, 2.24) is 0 Å². The molecule has 1 atom stereocenters. The van der Waals surface area contributed by atoms with Crippen LogP contribution in [0.5, 0.6) is 5.75 Å². The first-order valence-electron chi connectivity index (χ1n) is 8.13. The van der Waals surface area contributed by atoms with Gasteiger partial charge in [-0.2, -0.15) is 13.2 Å². The molecule has 0 saturated heterocycles. The van der Waals surface area contributed by atoms with Gasteiger partial charge in [-0.15, -0.1) is 0 Å². The van der Waals surface area contributed by atoms with Gasteiger partial charge in [0.25, 0.3) is 0 Å². The van der Waals surface area contributed by atoms with Crippen LogP contribution in [-0.2, 0) is 15.8 Å². The van der Waals surface area contributed by atoms with Crippen molar-refractivity contribution in [3.63, 3.8) is 0 Å². The number of nitrogens with one attached hydrogen (secondary N) is 1. The number of aliphatic carboxylic acids is 1. The second-order valence-electron chi connectivity index (χ2n) is 5.78. The normalized spacial score (nSPS) is 12.3. The quantitative estimate of drug-likeness (QED) is 0.750. The largest absolute Gasteiger partial charge is 0.482 e. The minimum absolute atomic E-state index is 0.284. The number of benzene rings is 2. The molecule has 2 N–H and O–H groups in total. The van der Waals surface area contributed by atoms with E-state index in [4.69, 9.17) is 9.84 Å². The van der Waals surface area contributed by atoms with E-state index in [9.17, 15) is 22.8 Å². The second kappa shape index (κ2) is 8.57. The van der Waals surface area contributed by atoms with E-state index in [1.807, 2.05) is 0 Å². The van der Waals surface area contributed by atoms with Crippen LogP contribution in [-0.4, -0.2) is 23.6 Å². The van der Waals surface area contributed by atoms with Crippen LogP contribution in [0.15, 0.2) is 48.5 Å². The number of anilines is 1. The van der Waals surface area contributed by atoms with Crippen LogP contribution in [0.1, 0.15) is 30.4 Å². The molecule has 0 radical (unpaired) electrons. The fraction of sp³-hybridized carbons (Fsp3) is 0.263. The summed E-state index contributed by atoms with van der Waals surface area (Å²) >= 11 is 0. The van der Waals surface area contributed by atoms with Gasteiger partial charge in [0, 0.05) is 5.69 Å². The summed E-state index contributed by atoms with van der Waals surface area (Å²) < 4.78 is 43.6. The van der Waals surface area contributed by atoms with Gasteiger partial charge in [0.15, 0.2) is 6.61 Å². The molecule has 2 rings (SSSR count). The van der Waals surface area contributed by atoms with Gasteiger partial charge in [-0.25, -0.2) is 4.79 Å². The monoisotopic (exact) mass is 381 g/mol. The Morgan fingerprint density at radius 1 is 1.15 bits per heavy atom. The Morgan fingerprint density at radius 3 is 2.37 bits per heavy atom. The van der Waals surface area contributed by atoms with Crippen LogP contribution in [0.25, 0.3) is 0 Å². The first-order valence-corrected chi connectivity index (χ1v) is 8.13. The van der Waals surface area contributed by atoms with Crippen molar-refractivity contribution in [3.8, 4) is 5.75 Å². The topological polar surface area (TPSA) is 75.6 Å². The van der Waals surface area contributed by atoms with Crippen LogP contribution in [0.2, 0.25) is 0 Å². The van der Waals surface area contributed by atoms with Crippen molar-refractivity contribution < 1.29 is 32.6 Å². The van der Waals surface area contributed by atoms with Gasteiger partial charge in [-0.1, -0.05) is 25.1 Å². The highest BCUT2D eigenvalue weighted by Crippen LogP contribution is 2.32. The van der Waals surface area contributed by atoms with Gasteiger partial charge in [-0.05, 0) is 42.3 Å². The minimum Gasteiger partial charge on any atom is -0.482 e. The fourth-order valence-electron chi connectivity index (χ4n) is 2.51. The molecule has 0 saturated carbocycles. The molecule has 0 heterocycles. The Kier molecular flexibility index (Phi) is 6.44. The number of rotatable bonds is 7. The van der Waals surface area contributed by atoms with Crippen LogP contribution in [0, 0.1) is 0 Å². The lowest BCUT2D eigenvalue weighted by atomic mass is 9.94. The van der Waals surface area contributed by atoms with Gasteiger partial charge in [-0.3, -0.25) is 4.79 Å². The number of hydrogen-bond acceptors (Lipinski definition) is 3. The summed E-state index contributed by atoms with van der Waals surface area (Å²) in [7, 11) is 0. The van der Waals surface area contributed by atoms with E-state index in [0.29, 0.717) is 17.9 Å². The van der Waals surface area contributed by atoms with Crippen molar-refractivity contribution in [2.24, 2.45) is 0 Å².